The van der Waals surface area contributed by atoms with Gasteiger partial charge in [0.15, 0.2) is 0 Å². The number of benzene rings is 1. The van der Waals surface area contributed by atoms with Gasteiger partial charge in [0.1, 0.15) is 5.69 Å². The molecule has 1 amide bonds. The summed E-state index contributed by atoms with van der Waals surface area (Å²) in [5.41, 5.74) is 0.764. The molecule has 0 unspecified atom stereocenters. The number of hydrogen-bond donors (Lipinski definition) is 1. The molecule has 0 aliphatic carbocycles. The largest absolute Gasteiger partial charge is 0.383 e. The number of amides is 1. The highest BCUT2D eigenvalue weighted by Crippen LogP contribution is 2.25. The number of nitrogens with zero attached hydrogens (tertiary/aromatic N) is 2. The van der Waals surface area contributed by atoms with E-state index in [0.717, 1.165) is 0 Å². The van der Waals surface area contributed by atoms with Gasteiger partial charge in [0.05, 0.1) is 4.92 Å². The number of nitro groups is 1. The van der Waals surface area contributed by atoms with Crippen molar-refractivity contribution in [3.8, 4) is 0 Å². The van der Waals surface area contributed by atoms with Gasteiger partial charge in [0.2, 0.25) is 0 Å². The number of nitrogens with one attached hydrogen (secondary N) is 1. The fourth-order valence-corrected chi connectivity index (χ4v) is 1.72. The van der Waals surface area contributed by atoms with E-state index in [1.807, 2.05) is 13.8 Å². The van der Waals surface area contributed by atoms with E-state index in [0.29, 0.717) is 24.3 Å². The quantitative estimate of drug-likeness (QED) is 0.642. The molecule has 0 heterocycles. The molecule has 18 heavy (non-hydrogen) atoms. The minimum Gasteiger partial charge on any atom is -0.383 e. The van der Waals surface area contributed by atoms with Gasteiger partial charge >= 0.3 is 0 Å². The first-order valence-corrected chi connectivity index (χ1v) is 5.80. The smallest absolute Gasteiger partial charge is 0.292 e. The molecule has 0 atom stereocenters. The molecule has 1 aromatic carbocycles. The molecule has 98 valence electrons. The van der Waals surface area contributed by atoms with Crippen LogP contribution < -0.4 is 5.32 Å². The Labute approximate surface area is 106 Å². The summed E-state index contributed by atoms with van der Waals surface area (Å²) < 4.78 is 0. The van der Waals surface area contributed by atoms with Crippen molar-refractivity contribution in [2.75, 3.05) is 25.5 Å². The van der Waals surface area contributed by atoms with Gasteiger partial charge in [0, 0.05) is 31.8 Å². The average molecular weight is 251 g/mol. The van der Waals surface area contributed by atoms with Gasteiger partial charge in [-0.3, -0.25) is 14.9 Å². The second kappa shape index (κ2) is 6.00. The summed E-state index contributed by atoms with van der Waals surface area (Å²) in [5, 5.41) is 13.5. The van der Waals surface area contributed by atoms with Crippen molar-refractivity contribution in [2.45, 2.75) is 13.8 Å². The third-order valence-electron chi connectivity index (χ3n) is 2.76. The van der Waals surface area contributed by atoms with E-state index >= 15 is 0 Å². The summed E-state index contributed by atoms with van der Waals surface area (Å²) in [6, 6.07) is 4.35. The third-order valence-corrected chi connectivity index (χ3v) is 2.76. The standard InChI is InChI=1S/C12H17N3O3/c1-4-14(5-2)12(16)9-6-7-11(15(17)18)10(8-9)13-3/h6-8,13H,4-5H2,1-3H3. The normalized spacial score (nSPS) is 9.94. The van der Waals surface area contributed by atoms with Crippen LogP contribution in [0.5, 0.6) is 0 Å². The molecule has 0 saturated carbocycles. The Balaban J connectivity index is 3.12. The summed E-state index contributed by atoms with van der Waals surface area (Å²) in [5.74, 6) is -0.119. The van der Waals surface area contributed by atoms with Gasteiger partial charge in [-0.15, -0.1) is 0 Å². The summed E-state index contributed by atoms with van der Waals surface area (Å²) >= 11 is 0. The Kier molecular flexibility index (Phi) is 4.65. The lowest BCUT2D eigenvalue weighted by Gasteiger charge is -2.18. The van der Waals surface area contributed by atoms with Crippen molar-refractivity contribution >= 4 is 17.3 Å². The molecule has 0 aliphatic rings. The van der Waals surface area contributed by atoms with E-state index in [4.69, 9.17) is 0 Å². The molecule has 0 radical (unpaired) electrons. The van der Waals surface area contributed by atoms with Crippen LogP contribution in [-0.4, -0.2) is 35.9 Å². The topological polar surface area (TPSA) is 75.5 Å². The highest BCUT2D eigenvalue weighted by molar-refractivity contribution is 5.95. The van der Waals surface area contributed by atoms with Gasteiger partial charge in [-0.25, -0.2) is 0 Å². The first kappa shape index (κ1) is 14.0. The van der Waals surface area contributed by atoms with Crippen LogP contribution in [0.25, 0.3) is 0 Å². The third kappa shape index (κ3) is 2.77. The summed E-state index contributed by atoms with van der Waals surface area (Å²) in [7, 11) is 1.59. The highest BCUT2D eigenvalue weighted by atomic mass is 16.6. The molecular weight excluding hydrogens is 234 g/mol. The number of carbonyl (C=O) groups is 1. The maximum atomic E-state index is 12.1. The first-order chi connectivity index (χ1) is 8.54. The lowest BCUT2D eigenvalue weighted by Crippen LogP contribution is -2.30. The van der Waals surface area contributed by atoms with Gasteiger partial charge in [0.25, 0.3) is 11.6 Å². The Bertz CT molecular complexity index is 456. The number of nitro benzene ring substituents is 1. The van der Waals surface area contributed by atoms with Crippen LogP contribution in [0, 0.1) is 10.1 Å². The van der Waals surface area contributed by atoms with E-state index in [-0.39, 0.29) is 11.6 Å². The second-order valence-electron chi connectivity index (χ2n) is 3.72. The molecule has 0 aliphatic heterocycles. The van der Waals surface area contributed by atoms with Crippen LogP contribution >= 0.6 is 0 Å². The molecule has 0 saturated heterocycles. The van der Waals surface area contributed by atoms with Gasteiger partial charge in [-0.1, -0.05) is 0 Å². The molecule has 6 heteroatoms. The van der Waals surface area contributed by atoms with Crippen molar-refractivity contribution in [1.82, 2.24) is 4.90 Å². The minimum absolute atomic E-state index is 0.0337. The number of carbonyl (C=O) groups excluding carboxylic acids is 1. The molecule has 1 aromatic rings. The molecule has 1 rings (SSSR count). The van der Waals surface area contributed by atoms with Crippen molar-refractivity contribution in [2.24, 2.45) is 0 Å². The SMILES string of the molecule is CCN(CC)C(=O)c1ccc([N+](=O)[O-])c(NC)c1. The zero-order valence-corrected chi connectivity index (χ0v) is 10.8. The second-order valence-corrected chi connectivity index (χ2v) is 3.72. The lowest BCUT2D eigenvalue weighted by atomic mass is 10.1. The van der Waals surface area contributed by atoms with E-state index in [1.54, 1.807) is 11.9 Å². The van der Waals surface area contributed by atoms with Crippen LogP contribution in [0.15, 0.2) is 18.2 Å². The number of anilines is 1. The van der Waals surface area contributed by atoms with E-state index < -0.39 is 4.92 Å². The van der Waals surface area contributed by atoms with Gasteiger partial charge < -0.3 is 10.2 Å². The maximum absolute atomic E-state index is 12.1. The Hall–Kier alpha value is -2.11. The van der Waals surface area contributed by atoms with E-state index in [9.17, 15) is 14.9 Å². The van der Waals surface area contributed by atoms with E-state index in [2.05, 4.69) is 5.32 Å². The van der Waals surface area contributed by atoms with Gasteiger partial charge in [-0.2, -0.15) is 0 Å². The van der Waals surface area contributed by atoms with Crippen LogP contribution in [-0.2, 0) is 0 Å². The van der Waals surface area contributed by atoms with Crippen LogP contribution in [0.2, 0.25) is 0 Å². The van der Waals surface area contributed by atoms with Crippen molar-refractivity contribution < 1.29 is 9.72 Å². The zero-order chi connectivity index (χ0) is 13.7. The highest BCUT2D eigenvalue weighted by Gasteiger charge is 2.18. The molecule has 0 fully saturated rings. The monoisotopic (exact) mass is 251 g/mol. The van der Waals surface area contributed by atoms with Crippen LogP contribution in [0.4, 0.5) is 11.4 Å². The average Bonchev–Trinajstić information content (AvgIpc) is 2.39. The van der Waals surface area contributed by atoms with Crippen LogP contribution in [0.1, 0.15) is 24.2 Å². The zero-order valence-electron chi connectivity index (χ0n) is 10.8. The Morgan fingerprint density at radius 3 is 2.44 bits per heavy atom. The van der Waals surface area contributed by atoms with Crippen molar-refractivity contribution in [3.05, 3.63) is 33.9 Å². The van der Waals surface area contributed by atoms with Gasteiger partial charge in [-0.05, 0) is 26.0 Å². The maximum Gasteiger partial charge on any atom is 0.292 e. The summed E-state index contributed by atoms with van der Waals surface area (Å²) in [6.07, 6.45) is 0. The van der Waals surface area contributed by atoms with Crippen molar-refractivity contribution in [3.63, 3.8) is 0 Å². The Morgan fingerprint density at radius 1 is 1.39 bits per heavy atom. The minimum atomic E-state index is -0.475. The molecule has 0 bridgehead atoms. The predicted molar refractivity (Wildman–Crippen MR) is 69.9 cm³/mol. The van der Waals surface area contributed by atoms with Crippen molar-refractivity contribution in [1.29, 1.82) is 0 Å². The molecular formula is C12H17N3O3. The fourth-order valence-electron chi connectivity index (χ4n) is 1.72. The number of rotatable bonds is 5. The summed E-state index contributed by atoms with van der Waals surface area (Å²) in [6.45, 7) is 5.01. The van der Waals surface area contributed by atoms with Crippen LogP contribution in [0.3, 0.4) is 0 Å². The fraction of sp³-hybridized carbons (Fsp3) is 0.417. The molecule has 0 aromatic heterocycles. The molecule has 0 spiro atoms. The molecule has 1 N–H and O–H groups in total. The number of hydrogen-bond acceptors (Lipinski definition) is 4. The van der Waals surface area contributed by atoms with E-state index in [1.165, 1.54) is 18.2 Å². The first-order valence-electron chi connectivity index (χ1n) is 5.80. The molecule has 6 nitrogen and oxygen atoms in total. The Morgan fingerprint density at radius 2 is 2.00 bits per heavy atom. The summed E-state index contributed by atoms with van der Waals surface area (Å²) in [4.78, 5) is 24.1. The predicted octanol–water partition coefficient (Wildman–Crippen LogP) is 2.12. The lowest BCUT2D eigenvalue weighted by molar-refractivity contribution is -0.383.